The van der Waals surface area contributed by atoms with Crippen LogP contribution in [0.2, 0.25) is 0 Å². The average molecular weight is 329 g/mol. The van der Waals surface area contributed by atoms with Crippen molar-refractivity contribution in [2.45, 2.75) is 44.8 Å². The molecule has 2 aliphatic rings. The third-order valence-corrected chi connectivity index (χ3v) is 5.76. The molecule has 2 aromatic rings. The van der Waals surface area contributed by atoms with Gasteiger partial charge in [-0.15, -0.1) is 0 Å². The topological polar surface area (TPSA) is 47.8 Å². The smallest absolute Gasteiger partial charge is 0.136 e. The molecular formula is C19H27N3O2. The number of rotatable bonds is 6. The first-order chi connectivity index (χ1) is 11.8. The second-order valence-corrected chi connectivity index (χ2v) is 6.98. The molecule has 1 aliphatic heterocycles. The third-order valence-electron chi connectivity index (χ3n) is 5.76. The molecule has 1 N–H and O–H groups in total. The van der Waals surface area contributed by atoms with E-state index in [9.17, 15) is 0 Å². The van der Waals surface area contributed by atoms with E-state index in [0.717, 1.165) is 63.4 Å². The van der Waals surface area contributed by atoms with Gasteiger partial charge in [-0.1, -0.05) is 6.07 Å². The highest BCUT2D eigenvalue weighted by Crippen LogP contribution is 2.50. The van der Waals surface area contributed by atoms with Crippen LogP contribution in [0.5, 0.6) is 0 Å². The Labute approximate surface area is 143 Å². The van der Waals surface area contributed by atoms with Crippen LogP contribution in [-0.4, -0.2) is 47.9 Å². The van der Waals surface area contributed by atoms with Crippen molar-refractivity contribution in [3.63, 3.8) is 0 Å². The standard InChI is InChI=1S/C19H27N3O2/c1-2-24-17-13-16(19(17)7-11-23-12-8-19)20-9-6-15-14-22-10-4-3-5-18(22)21-15/h3-5,10,14,16-17,20H,2,6-9,11-13H2,1H3/t16-,17-/m0/s1. The van der Waals surface area contributed by atoms with E-state index in [-0.39, 0.29) is 5.41 Å². The van der Waals surface area contributed by atoms with Crippen molar-refractivity contribution in [2.24, 2.45) is 5.41 Å². The quantitative estimate of drug-likeness (QED) is 0.884. The fraction of sp³-hybridized carbons (Fsp3) is 0.632. The minimum Gasteiger partial charge on any atom is -0.381 e. The van der Waals surface area contributed by atoms with Gasteiger partial charge in [-0.3, -0.25) is 0 Å². The molecule has 5 heteroatoms. The van der Waals surface area contributed by atoms with Crippen LogP contribution in [0, 0.1) is 5.41 Å². The van der Waals surface area contributed by atoms with Gasteiger partial charge < -0.3 is 19.2 Å². The predicted octanol–water partition coefficient (Wildman–Crippen LogP) is 2.44. The van der Waals surface area contributed by atoms with E-state index >= 15 is 0 Å². The summed E-state index contributed by atoms with van der Waals surface area (Å²) in [5.74, 6) is 0. The van der Waals surface area contributed by atoms with E-state index in [1.165, 1.54) is 0 Å². The Bertz CT molecular complexity index is 645. The van der Waals surface area contributed by atoms with Crippen molar-refractivity contribution in [2.75, 3.05) is 26.4 Å². The molecule has 1 saturated carbocycles. The highest BCUT2D eigenvalue weighted by atomic mass is 16.5. The number of nitrogens with one attached hydrogen (secondary N) is 1. The van der Waals surface area contributed by atoms with E-state index in [2.05, 4.69) is 34.0 Å². The number of ether oxygens (including phenoxy) is 2. The number of pyridine rings is 1. The Hall–Kier alpha value is -1.43. The first-order valence-corrected chi connectivity index (χ1v) is 9.17. The summed E-state index contributed by atoms with van der Waals surface area (Å²) < 4.78 is 13.7. The monoisotopic (exact) mass is 329 g/mol. The van der Waals surface area contributed by atoms with Gasteiger partial charge in [0.25, 0.3) is 0 Å². The summed E-state index contributed by atoms with van der Waals surface area (Å²) in [6.07, 6.45) is 8.90. The molecular weight excluding hydrogens is 302 g/mol. The molecule has 130 valence electrons. The molecule has 24 heavy (non-hydrogen) atoms. The molecule has 0 amide bonds. The molecule has 2 fully saturated rings. The number of fused-ring (bicyclic) bond motifs is 1. The Kier molecular flexibility index (Phi) is 4.57. The molecule has 2 aromatic heterocycles. The second kappa shape index (κ2) is 6.82. The van der Waals surface area contributed by atoms with Gasteiger partial charge in [0.2, 0.25) is 0 Å². The first-order valence-electron chi connectivity index (χ1n) is 9.17. The van der Waals surface area contributed by atoms with Crippen molar-refractivity contribution in [3.05, 3.63) is 36.3 Å². The van der Waals surface area contributed by atoms with E-state index in [1.54, 1.807) is 0 Å². The van der Waals surface area contributed by atoms with Gasteiger partial charge in [-0.25, -0.2) is 4.98 Å². The zero-order valence-corrected chi connectivity index (χ0v) is 14.4. The van der Waals surface area contributed by atoms with Gasteiger partial charge in [0.05, 0.1) is 11.8 Å². The van der Waals surface area contributed by atoms with Crippen LogP contribution >= 0.6 is 0 Å². The van der Waals surface area contributed by atoms with E-state index in [1.807, 2.05) is 18.2 Å². The Morgan fingerprint density at radius 3 is 3.04 bits per heavy atom. The van der Waals surface area contributed by atoms with Gasteiger partial charge in [0.1, 0.15) is 5.65 Å². The zero-order chi connectivity index (χ0) is 16.4. The van der Waals surface area contributed by atoms with Crippen LogP contribution in [0.25, 0.3) is 5.65 Å². The van der Waals surface area contributed by atoms with Gasteiger partial charge >= 0.3 is 0 Å². The maximum absolute atomic E-state index is 5.99. The molecule has 0 bridgehead atoms. The molecule has 0 radical (unpaired) electrons. The number of hydrogen-bond acceptors (Lipinski definition) is 4. The Morgan fingerprint density at radius 2 is 2.25 bits per heavy atom. The van der Waals surface area contributed by atoms with Crippen molar-refractivity contribution < 1.29 is 9.47 Å². The number of aromatic nitrogens is 2. The third kappa shape index (κ3) is 2.85. The normalized spacial score (nSPS) is 25.9. The highest BCUT2D eigenvalue weighted by Gasteiger charge is 2.55. The minimum absolute atomic E-state index is 0.285. The van der Waals surface area contributed by atoms with E-state index < -0.39 is 0 Å². The summed E-state index contributed by atoms with van der Waals surface area (Å²) in [5.41, 5.74) is 2.46. The van der Waals surface area contributed by atoms with E-state index in [0.29, 0.717) is 12.1 Å². The van der Waals surface area contributed by atoms with Crippen molar-refractivity contribution in [1.82, 2.24) is 14.7 Å². The maximum Gasteiger partial charge on any atom is 0.136 e. The lowest BCUT2D eigenvalue weighted by molar-refractivity contribution is -0.172. The largest absolute Gasteiger partial charge is 0.381 e. The molecule has 0 unspecified atom stereocenters. The van der Waals surface area contributed by atoms with Crippen molar-refractivity contribution in [3.8, 4) is 0 Å². The minimum atomic E-state index is 0.285. The lowest BCUT2D eigenvalue weighted by Gasteiger charge is -2.57. The van der Waals surface area contributed by atoms with Gasteiger partial charge in [-0.05, 0) is 38.3 Å². The van der Waals surface area contributed by atoms with Crippen molar-refractivity contribution in [1.29, 1.82) is 0 Å². The van der Waals surface area contributed by atoms with Crippen LogP contribution in [0.1, 0.15) is 31.9 Å². The van der Waals surface area contributed by atoms with Crippen LogP contribution in [0.4, 0.5) is 0 Å². The average Bonchev–Trinajstić information content (AvgIpc) is 3.04. The lowest BCUT2D eigenvalue weighted by atomic mass is 9.57. The Balaban J connectivity index is 1.35. The second-order valence-electron chi connectivity index (χ2n) is 6.98. The molecule has 4 rings (SSSR count). The number of imidazole rings is 1. The first kappa shape index (κ1) is 16.1. The number of hydrogen-bond donors (Lipinski definition) is 1. The summed E-state index contributed by atoms with van der Waals surface area (Å²) >= 11 is 0. The van der Waals surface area contributed by atoms with Crippen LogP contribution < -0.4 is 5.32 Å². The summed E-state index contributed by atoms with van der Waals surface area (Å²) in [4.78, 5) is 4.68. The van der Waals surface area contributed by atoms with Gasteiger partial charge in [-0.2, -0.15) is 0 Å². The van der Waals surface area contributed by atoms with Crippen LogP contribution in [0.15, 0.2) is 30.6 Å². The summed E-state index contributed by atoms with van der Waals surface area (Å²) in [7, 11) is 0. The van der Waals surface area contributed by atoms with Gasteiger partial charge in [0, 0.05) is 56.6 Å². The molecule has 2 atom stereocenters. The molecule has 0 aromatic carbocycles. The molecule has 1 spiro atoms. The van der Waals surface area contributed by atoms with Crippen LogP contribution in [-0.2, 0) is 15.9 Å². The predicted molar refractivity (Wildman–Crippen MR) is 93.2 cm³/mol. The number of nitrogens with zero attached hydrogens (tertiary/aromatic N) is 2. The van der Waals surface area contributed by atoms with Crippen molar-refractivity contribution >= 4 is 5.65 Å². The molecule has 3 heterocycles. The summed E-state index contributed by atoms with van der Waals surface area (Å²) in [6, 6.07) is 6.66. The van der Waals surface area contributed by atoms with Gasteiger partial charge in [0.15, 0.2) is 0 Å². The maximum atomic E-state index is 5.99. The highest BCUT2D eigenvalue weighted by molar-refractivity contribution is 5.39. The Morgan fingerprint density at radius 1 is 1.38 bits per heavy atom. The molecule has 1 aliphatic carbocycles. The molecule has 5 nitrogen and oxygen atoms in total. The SMILES string of the molecule is CCO[C@H]1C[C@H](NCCc2cn3ccccc3n2)C12CCOCC2. The van der Waals surface area contributed by atoms with E-state index in [4.69, 9.17) is 9.47 Å². The fourth-order valence-electron chi connectivity index (χ4n) is 4.37. The van der Waals surface area contributed by atoms with Crippen LogP contribution in [0.3, 0.4) is 0 Å². The fourth-order valence-corrected chi connectivity index (χ4v) is 4.37. The molecule has 1 saturated heterocycles. The lowest BCUT2D eigenvalue weighted by Crippen LogP contribution is -2.65. The summed E-state index contributed by atoms with van der Waals surface area (Å²) in [5, 5.41) is 3.78. The summed E-state index contributed by atoms with van der Waals surface area (Å²) in [6.45, 7) is 5.61. The zero-order valence-electron chi connectivity index (χ0n) is 14.4.